The average Bonchev–Trinajstić information content (AvgIpc) is 2.55. The van der Waals surface area contributed by atoms with Crippen LogP contribution >= 0.6 is 0 Å². The fraction of sp³-hybridized carbons (Fsp3) is 0.500. The Balaban J connectivity index is 2.34. The van der Waals surface area contributed by atoms with Crippen molar-refractivity contribution in [3.05, 3.63) is 41.7 Å². The van der Waals surface area contributed by atoms with E-state index in [1.807, 2.05) is 19.3 Å². The van der Waals surface area contributed by atoms with Crippen molar-refractivity contribution in [2.75, 3.05) is 18.1 Å². The van der Waals surface area contributed by atoms with Crippen LogP contribution in [0.5, 0.6) is 5.75 Å². The molecular weight excluding hydrogens is 298 g/mol. The van der Waals surface area contributed by atoms with Gasteiger partial charge in [-0.3, -0.25) is 0 Å². The molecule has 0 bridgehead atoms. The molecule has 4 heteroatoms. The summed E-state index contributed by atoms with van der Waals surface area (Å²) < 4.78 is 6.00. The molecule has 0 saturated carbocycles. The summed E-state index contributed by atoms with van der Waals surface area (Å²) in [6, 6.07) is 6.37. The molecule has 0 spiro atoms. The highest BCUT2D eigenvalue weighted by Gasteiger charge is 2.15. The van der Waals surface area contributed by atoms with Crippen molar-refractivity contribution >= 4 is 11.6 Å². The van der Waals surface area contributed by atoms with Crippen LogP contribution in [0.3, 0.4) is 0 Å². The number of hydrogen-bond donors (Lipinski definition) is 0. The molecule has 4 nitrogen and oxygen atoms in total. The molecule has 1 aromatic heterocycles. The first-order valence-electron chi connectivity index (χ1n) is 8.75. The Morgan fingerprint density at radius 3 is 2.29 bits per heavy atom. The van der Waals surface area contributed by atoms with Crippen molar-refractivity contribution in [1.29, 1.82) is 0 Å². The minimum Gasteiger partial charge on any atom is -0.493 e. The van der Waals surface area contributed by atoms with Gasteiger partial charge in [-0.15, -0.1) is 0 Å². The predicted molar refractivity (Wildman–Crippen MR) is 100 cm³/mol. The van der Waals surface area contributed by atoms with Crippen molar-refractivity contribution in [3.63, 3.8) is 0 Å². The van der Waals surface area contributed by atoms with Gasteiger partial charge < -0.3 is 9.64 Å². The minimum atomic E-state index is 0.393. The monoisotopic (exact) mass is 327 g/mol. The molecule has 0 atom stereocenters. The summed E-state index contributed by atoms with van der Waals surface area (Å²) in [6.45, 7) is 14.4. The van der Waals surface area contributed by atoms with Crippen LogP contribution in [0.15, 0.2) is 30.6 Å². The summed E-state index contributed by atoms with van der Waals surface area (Å²) in [4.78, 5) is 11.1. The highest BCUT2D eigenvalue weighted by atomic mass is 16.5. The Morgan fingerprint density at radius 1 is 1.08 bits per heavy atom. The number of benzene rings is 1. The number of aryl methyl sites for hydroxylation is 1. The van der Waals surface area contributed by atoms with Gasteiger partial charge in [0.1, 0.15) is 5.75 Å². The Labute approximate surface area is 145 Å². The Morgan fingerprint density at radius 2 is 1.75 bits per heavy atom. The van der Waals surface area contributed by atoms with Crippen LogP contribution in [-0.4, -0.2) is 23.1 Å². The standard InChI is InChI=1S/C20H29N3O/c1-7-23(20-21-11-16(6)12-22-20)17-8-9-19(24-13-14(2)3)18(10-17)15(4)5/h8-12,14-15H,7,13H2,1-6H3. The van der Waals surface area contributed by atoms with E-state index in [-0.39, 0.29) is 0 Å². The molecule has 0 N–H and O–H groups in total. The van der Waals surface area contributed by atoms with E-state index < -0.39 is 0 Å². The van der Waals surface area contributed by atoms with Crippen LogP contribution in [0, 0.1) is 12.8 Å². The molecule has 1 aromatic carbocycles. The molecule has 0 amide bonds. The zero-order valence-corrected chi connectivity index (χ0v) is 15.7. The predicted octanol–water partition coefficient (Wildman–Crippen LogP) is 5.10. The summed E-state index contributed by atoms with van der Waals surface area (Å²) in [7, 11) is 0. The third-order valence-electron chi connectivity index (χ3n) is 3.82. The summed E-state index contributed by atoms with van der Waals surface area (Å²) in [5.41, 5.74) is 3.38. The van der Waals surface area contributed by atoms with Crippen LogP contribution in [0.4, 0.5) is 11.6 Å². The van der Waals surface area contributed by atoms with Crippen molar-refractivity contribution in [3.8, 4) is 5.75 Å². The second-order valence-corrected chi connectivity index (χ2v) is 6.89. The highest BCUT2D eigenvalue weighted by molar-refractivity contribution is 5.60. The summed E-state index contributed by atoms with van der Waals surface area (Å²) in [5, 5.41) is 0. The minimum absolute atomic E-state index is 0.393. The van der Waals surface area contributed by atoms with E-state index in [0.717, 1.165) is 36.1 Å². The molecule has 2 rings (SSSR count). The highest BCUT2D eigenvalue weighted by Crippen LogP contribution is 2.33. The molecule has 0 saturated heterocycles. The smallest absolute Gasteiger partial charge is 0.229 e. The van der Waals surface area contributed by atoms with E-state index in [4.69, 9.17) is 4.74 Å². The lowest BCUT2D eigenvalue weighted by Crippen LogP contribution is -2.19. The average molecular weight is 327 g/mol. The van der Waals surface area contributed by atoms with Gasteiger partial charge in [-0.05, 0) is 55.0 Å². The maximum absolute atomic E-state index is 6.00. The molecular formula is C20H29N3O. The lowest BCUT2D eigenvalue weighted by Gasteiger charge is -2.23. The maximum Gasteiger partial charge on any atom is 0.229 e. The summed E-state index contributed by atoms with van der Waals surface area (Å²) >= 11 is 0. The number of ether oxygens (including phenoxy) is 1. The normalized spacial score (nSPS) is 11.2. The first-order valence-corrected chi connectivity index (χ1v) is 8.75. The van der Waals surface area contributed by atoms with E-state index in [2.05, 4.69) is 67.7 Å². The van der Waals surface area contributed by atoms with Gasteiger partial charge in [0.25, 0.3) is 0 Å². The van der Waals surface area contributed by atoms with Gasteiger partial charge in [-0.1, -0.05) is 27.7 Å². The molecule has 0 aliphatic carbocycles. The Kier molecular flexibility index (Phi) is 6.18. The van der Waals surface area contributed by atoms with Crippen LogP contribution in [0.1, 0.15) is 51.7 Å². The molecule has 0 aliphatic rings. The van der Waals surface area contributed by atoms with Gasteiger partial charge in [0.2, 0.25) is 5.95 Å². The lowest BCUT2D eigenvalue weighted by atomic mass is 10.0. The van der Waals surface area contributed by atoms with Gasteiger partial charge in [0.05, 0.1) is 6.61 Å². The maximum atomic E-state index is 6.00. The number of anilines is 2. The number of aromatic nitrogens is 2. The number of hydrogen-bond acceptors (Lipinski definition) is 4. The molecule has 1 heterocycles. The second-order valence-electron chi connectivity index (χ2n) is 6.89. The first kappa shape index (κ1) is 18.2. The van der Waals surface area contributed by atoms with E-state index in [9.17, 15) is 0 Å². The van der Waals surface area contributed by atoms with E-state index in [1.165, 1.54) is 5.56 Å². The van der Waals surface area contributed by atoms with Crippen LogP contribution in [-0.2, 0) is 0 Å². The number of nitrogens with zero attached hydrogens (tertiary/aromatic N) is 3. The third-order valence-corrected chi connectivity index (χ3v) is 3.82. The summed E-state index contributed by atoms with van der Waals surface area (Å²) in [5.74, 6) is 2.61. The van der Waals surface area contributed by atoms with Crippen molar-refractivity contribution in [2.24, 2.45) is 5.92 Å². The van der Waals surface area contributed by atoms with Crippen LogP contribution in [0.2, 0.25) is 0 Å². The molecule has 24 heavy (non-hydrogen) atoms. The van der Waals surface area contributed by atoms with Gasteiger partial charge >= 0.3 is 0 Å². The van der Waals surface area contributed by atoms with Crippen LogP contribution < -0.4 is 9.64 Å². The number of rotatable bonds is 7. The largest absolute Gasteiger partial charge is 0.493 e. The molecule has 0 radical (unpaired) electrons. The zero-order chi connectivity index (χ0) is 17.7. The van der Waals surface area contributed by atoms with Gasteiger partial charge in [-0.25, -0.2) is 9.97 Å². The molecule has 0 aliphatic heterocycles. The van der Waals surface area contributed by atoms with Gasteiger partial charge in [-0.2, -0.15) is 0 Å². The van der Waals surface area contributed by atoms with Gasteiger partial charge in [0.15, 0.2) is 0 Å². The lowest BCUT2D eigenvalue weighted by molar-refractivity contribution is 0.268. The van der Waals surface area contributed by atoms with Crippen molar-refractivity contribution < 1.29 is 4.74 Å². The molecule has 2 aromatic rings. The Bertz CT molecular complexity index is 650. The zero-order valence-electron chi connectivity index (χ0n) is 15.7. The quantitative estimate of drug-likeness (QED) is 0.709. The molecule has 0 unspecified atom stereocenters. The summed E-state index contributed by atoms with van der Waals surface area (Å²) in [6.07, 6.45) is 3.71. The SMILES string of the molecule is CCN(c1ccc(OCC(C)C)c(C(C)C)c1)c1ncc(C)cn1. The fourth-order valence-electron chi connectivity index (χ4n) is 2.51. The Hall–Kier alpha value is -2.10. The van der Waals surface area contributed by atoms with E-state index in [0.29, 0.717) is 11.8 Å². The first-order chi connectivity index (χ1) is 11.4. The van der Waals surface area contributed by atoms with E-state index >= 15 is 0 Å². The second kappa shape index (κ2) is 8.13. The van der Waals surface area contributed by atoms with Crippen LogP contribution in [0.25, 0.3) is 0 Å². The van der Waals surface area contributed by atoms with Crippen molar-refractivity contribution in [2.45, 2.75) is 47.5 Å². The van der Waals surface area contributed by atoms with Crippen molar-refractivity contribution in [1.82, 2.24) is 9.97 Å². The van der Waals surface area contributed by atoms with Gasteiger partial charge in [0, 0.05) is 24.6 Å². The molecule has 130 valence electrons. The molecule has 0 fully saturated rings. The van der Waals surface area contributed by atoms with E-state index in [1.54, 1.807) is 0 Å². The fourth-order valence-corrected chi connectivity index (χ4v) is 2.51. The third kappa shape index (κ3) is 4.47. The topological polar surface area (TPSA) is 38.2 Å².